The van der Waals surface area contributed by atoms with Gasteiger partial charge in [0.25, 0.3) is 0 Å². The van der Waals surface area contributed by atoms with Crippen LogP contribution in [0, 0.1) is 0 Å². The molecule has 0 aromatic carbocycles. The number of rotatable bonds is 3. The molecule has 0 atom stereocenters. The first-order chi connectivity index (χ1) is 3.68. The highest BCUT2D eigenvalue weighted by Gasteiger charge is 2.07. The lowest BCUT2D eigenvalue weighted by atomic mass is 11.8. The fraction of sp³-hybridized carbons (Fsp3) is 0.667. The van der Waals surface area contributed by atoms with Gasteiger partial charge in [-0.2, -0.15) is 0 Å². The van der Waals surface area contributed by atoms with E-state index in [1.54, 1.807) is 0 Å². The quantitative estimate of drug-likeness (QED) is 0.472. The maximum absolute atomic E-state index is 4.81. The molecule has 0 spiro atoms. The minimum absolute atomic E-state index is 1.36. The predicted molar refractivity (Wildman–Crippen MR) is 42.0 cm³/mol. The molecule has 0 heterocycles. The minimum Gasteiger partial charge on any atom is -0.329 e. The highest BCUT2D eigenvalue weighted by atomic mass is 32.5. The van der Waals surface area contributed by atoms with Crippen LogP contribution in [-0.4, -0.2) is 19.3 Å². The van der Waals surface area contributed by atoms with E-state index < -0.39 is 6.49 Å². The average molecular weight is 170 g/mol. The van der Waals surface area contributed by atoms with Gasteiger partial charge in [0.05, 0.1) is 5.11 Å². The van der Waals surface area contributed by atoms with Gasteiger partial charge in [0.1, 0.15) is 0 Å². The van der Waals surface area contributed by atoms with Gasteiger partial charge in [-0.1, -0.05) is 12.2 Å². The zero-order chi connectivity index (χ0) is 6.62. The average Bonchev–Trinajstić information content (AvgIpc) is 1.87. The monoisotopic (exact) mass is 170 g/mol. The maximum atomic E-state index is 4.81. The third-order valence-corrected chi connectivity index (χ3v) is 4.36. The number of hydrogen-bond donors (Lipinski definition) is 0. The van der Waals surface area contributed by atoms with Gasteiger partial charge in [-0.05, 0) is 11.8 Å². The van der Waals surface area contributed by atoms with Crippen molar-refractivity contribution in [3.8, 4) is 0 Å². The predicted octanol–water partition coefficient (Wildman–Crippen LogP) is 1.55. The van der Waals surface area contributed by atoms with Crippen LogP contribution in [0.4, 0.5) is 0 Å². The van der Waals surface area contributed by atoms with Crippen molar-refractivity contribution < 1.29 is 9.05 Å². The van der Waals surface area contributed by atoms with Gasteiger partial charge in [0, 0.05) is 14.2 Å². The Balaban J connectivity index is 3.99. The van der Waals surface area contributed by atoms with E-state index in [0.29, 0.717) is 0 Å². The fourth-order valence-electron chi connectivity index (χ4n) is 0.161. The lowest BCUT2D eigenvalue weighted by molar-refractivity contribution is 0.351. The zero-order valence-electron chi connectivity index (χ0n) is 4.66. The molecular weight excluding hydrogens is 163 g/mol. The second kappa shape index (κ2) is 3.64. The van der Waals surface area contributed by atoms with Crippen molar-refractivity contribution in [2.24, 2.45) is 0 Å². The Labute approximate surface area is 59.3 Å². The summed E-state index contributed by atoms with van der Waals surface area (Å²) in [7, 11) is 2.99. The van der Waals surface area contributed by atoms with Crippen LogP contribution in [-0.2, 0) is 20.9 Å². The van der Waals surface area contributed by atoms with Gasteiger partial charge < -0.3 is 9.05 Å². The first kappa shape index (κ1) is 8.66. The number of thiocarbonyl (C=S) groups is 1. The third kappa shape index (κ3) is 2.29. The van der Waals surface area contributed by atoms with Gasteiger partial charge in [0.15, 0.2) is 0 Å². The summed E-state index contributed by atoms with van der Waals surface area (Å²) in [6.45, 7) is -2.14. The lowest BCUT2D eigenvalue weighted by Gasteiger charge is -2.09. The number of hydrogen-bond acceptors (Lipinski definition) is 4. The first-order valence-electron chi connectivity index (χ1n) is 1.86. The molecule has 0 bridgehead atoms. The molecule has 0 saturated heterocycles. The molecule has 0 rings (SSSR count). The molecule has 0 saturated carbocycles. The van der Waals surface area contributed by atoms with Crippen LogP contribution in [0.25, 0.3) is 0 Å². The molecule has 0 fully saturated rings. The van der Waals surface area contributed by atoms with Crippen molar-refractivity contribution in [3.63, 3.8) is 0 Å². The topological polar surface area (TPSA) is 18.5 Å². The summed E-state index contributed by atoms with van der Waals surface area (Å²) in [5, 5.41) is 1.36. The molecule has 0 radical (unpaired) electrons. The molecule has 8 heavy (non-hydrogen) atoms. The van der Waals surface area contributed by atoms with Crippen molar-refractivity contribution in [3.05, 3.63) is 0 Å². The Bertz CT molecular complexity index is 116. The smallest absolute Gasteiger partial charge is 0.222 e. The second-order valence-electron chi connectivity index (χ2n) is 1.01. The Kier molecular flexibility index (Phi) is 3.94. The molecule has 0 N–H and O–H groups in total. The molecule has 0 aliphatic heterocycles. The molecule has 48 valence electrons. The van der Waals surface area contributed by atoms with Crippen LogP contribution in [0.1, 0.15) is 0 Å². The largest absolute Gasteiger partial charge is 0.329 e. The van der Waals surface area contributed by atoms with Gasteiger partial charge >= 0.3 is 0 Å². The van der Waals surface area contributed by atoms with Crippen LogP contribution in [0.5, 0.6) is 0 Å². The van der Waals surface area contributed by atoms with Crippen LogP contribution >= 0.6 is 18.7 Å². The van der Waals surface area contributed by atoms with E-state index in [0.717, 1.165) is 0 Å². The van der Waals surface area contributed by atoms with E-state index in [9.17, 15) is 0 Å². The van der Waals surface area contributed by atoms with Gasteiger partial charge in [0.2, 0.25) is 6.49 Å². The van der Waals surface area contributed by atoms with E-state index in [2.05, 4.69) is 12.2 Å². The van der Waals surface area contributed by atoms with E-state index in [-0.39, 0.29) is 0 Å². The molecule has 2 nitrogen and oxygen atoms in total. The lowest BCUT2D eigenvalue weighted by Crippen LogP contribution is -1.85. The summed E-state index contributed by atoms with van der Waals surface area (Å²) in [5.74, 6) is 0. The summed E-state index contributed by atoms with van der Waals surface area (Å²) in [6, 6.07) is 0. The van der Waals surface area contributed by atoms with E-state index in [1.165, 1.54) is 19.3 Å². The molecule has 0 amide bonds. The fourth-order valence-corrected chi connectivity index (χ4v) is 0.998. The van der Waals surface area contributed by atoms with E-state index in [1.807, 2.05) is 0 Å². The standard InChI is InChI=1S/C3H7O2PS2/c1-4-6(8,3-7)5-2/h3H,1-2H3. The highest BCUT2D eigenvalue weighted by molar-refractivity contribution is 8.22. The van der Waals surface area contributed by atoms with Gasteiger partial charge in [-0.25, -0.2) is 0 Å². The summed E-state index contributed by atoms with van der Waals surface area (Å²) in [5.41, 5.74) is 0. The zero-order valence-corrected chi connectivity index (χ0v) is 7.18. The van der Waals surface area contributed by atoms with Crippen molar-refractivity contribution >= 4 is 35.6 Å². The molecular formula is C3H7O2PS2. The first-order valence-corrected chi connectivity index (χ1v) is 5.04. The summed E-state index contributed by atoms with van der Waals surface area (Å²) in [4.78, 5) is 0. The van der Waals surface area contributed by atoms with Crippen LogP contribution in [0.2, 0.25) is 0 Å². The SMILES string of the molecule is COP(=S)(C=S)OC. The Hall–Kier alpha value is 0.660. The van der Waals surface area contributed by atoms with Crippen LogP contribution < -0.4 is 0 Å². The van der Waals surface area contributed by atoms with Gasteiger partial charge in [-0.15, -0.1) is 0 Å². The molecule has 5 heteroatoms. The molecule has 0 aromatic heterocycles. The second-order valence-corrected chi connectivity index (χ2v) is 5.19. The Morgan fingerprint density at radius 1 is 1.38 bits per heavy atom. The van der Waals surface area contributed by atoms with Crippen molar-refractivity contribution in [1.82, 2.24) is 0 Å². The Morgan fingerprint density at radius 3 is 1.75 bits per heavy atom. The van der Waals surface area contributed by atoms with E-state index >= 15 is 0 Å². The minimum atomic E-state index is -2.14. The Morgan fingerprint density at radius 2 is 1.75 bits per heavy atom. The molecule has 0 aliphatic carbocycles. The summed E-state index contributed by atoms with van der Waals surface area (Å²) >= 11 is 9.37. The van der Waals surface area contributed by atoms with Crippen LogP contribution in [0.3, 0.4) is 0 Å². The third-order valence-electron chi connectivity index (χ3n) is 0.638. The van der Waals surface area contributed by atoms with Crippen molar-refractivity contribution in [2.45, 2.75) is 0 Å². The van der Waals surface area contributed by atoms with Crippen molar-refractivity contribution in [2.75, 3.05) is 14.2 Å². The molecule has 0 aliphatic rings. The summed E-state index contributed by atoms with van der Waals surface area (Å²) in [6.07, 6.45) is 0. The van der Waals surface area contributed by atoms with E-state index in [4.69, 9.17) is 20.9 Å². The highest BCUT2D eigenvalue weighted by Crippen LogP contribution is 2.43. The summed E-state index contributed by atoms with van der Waals surface area (Å²) < 4.78 is 9.56. The molecule has 0 unspecified atom stereocenters. The molecule has 0 aromatic rings. The van der Waals surface area contributed by atoms with Gasteiger partial charge in [-0.3, -0.25) is 0 Å². The normalized spacial score (nSPS) is 11.2. The van der Waals surface area contributed by atoms with Crippen molar-refractivity contribution in [1.29, 1.82) is 0 Å². The van der Waals surface area contributed by atoms with Crippen LogP contribution in [0.15, 0.2) is 0 Å². The maximum Gasteiger partial charge on any atom is 0.222 e.